The van der Waals surface area contributed by atoms with Gasteiger partial charge in [-0.15, -0.1) is 0 Å². The summed E-state index contributed by atoms with van der Waals surface area (Å²) >= 11 is 0. The first-order valence-corrected chi connectivity index (χ1v) is 36.7. The minimum atomic E-state index is 0.00979. The third kappa shape index (κ3) is 16.8. The fraction of sp³-hybridized carbons (Fsp3) is 0.461. The predicted molar refractivity (Wildman–Crippen MR) is 401 cm³/mol. The summed E-state index contributed by atoms with van der Waals surface area (Å²) in [6, 6.07) is 71.4. The van der Waals surface area contributed by atoms with Crippen LogP contribution in [0, 0.1) is 0 Å². The number of anilines is 6. The van der Waals surface area contributed by atoms with Crippen LogP contribution in [0.4, 0.5) is 34.1 Å². The maximum Gasteiger partial charge on any atom is 0.0462 e. The third-order valence-electron chi connectivity index (χ3n) is 21.5. The van der Waals surface area contributed by atoms with Crippen molar-refractivity contribution < 1.29 is 0 Å². The Morgan fingerprint density at radius 2 is 0.604 bits per heavy atom. The number of nitrogens with zero attached hydrogens (tertiary/aromatic N) is 2. The Hall–Kier alpha value is -6.64. The smallest absolute Gasteiger partial charge is 0.0462 e. The van der Waals surface area contributed by atoms with Crippen LogP contribution in [0.5, 0.6) is 0 Å². The second-order valence-electron chi connectivity index (χ2n) is 29.0. The zero-order valence-corrected chi connectivity index (χ0v) is 58.8. The van der Waals surface area contributed by atoms with Crippen LogP contribution in [0.15, 0.2) is 182 Å². The van der Waals surface area contributed by atoms with E-state index in [-0.39, 0.29) is 16.2 Å². The Morgan fingerprint density at radius 3 is 1.00 bits per heavy atom. The second kappa shape index (κ2) is 32.8. The molecule has 2 heteroatoms. The van der Waals surface area contributed by atoms with Gasteiger partial charge in [-0.25, -0.2) is 0 Å². The van der Waals surface area contributed by atoms with Crippen LogP contribution in [-0.4, -0.2) is 0 Å². The lowest BCUT2D eigenvalue weighted by Crippen LogP contribution is -2.27. The average Bonchev–Trinajstić information content (AvgIpc) is 1.57. The van der Waals surface area contributed by atoms with Gasteiger partial charge in [-0.1, -0.05) is 302 Å². The topological polar surface area (TPSA) is 6.48 Å². The summed E-state index contributed by atoms with van der Waals surface area (Å²) in [5.74, 6) is 1.03. The van der Waals surface area contributed by atoms with Crippen LogP contribution >= 0.6 is 0 Å². The van der Waals surface area contributed by atoms with Gasteiger partial charge in [-0.05, 0) is 207 Å². The van der Waals surface area contributed by atoms with Crippen LogP contribution < -0.4 is 9.80 Å². The molecule has 0 amide bonds. The molecule has 482 valence electrons. The standard InChI is InChI=1S/C89H116N2/c1-13-19-23-25-27-31-63-89(64-32-28-26-24-20-14-2)85-65-74(43-59-83(85)84-60-46-76(66-86(84)89)88(11,12)62-30-22-16-4)73-41-55-81(56-42-73)90(77-47-33-69(34-48-77)67(7)17-5)79-51-37-71(38-52-79)72-39-53-80(54-40-72)91(78-49-35-70(36-50-78)68(8)18-6)82-57-44-75(45-58-82)87(9,10)61-29-21-15-3/h33-60,65-68H,13-32,61-64H2,1-12H3. The van der Waals surface area contributed by atoms with Crippen molar-refractivity contribution in [3.63, 3.8) is 0 Å². The molecule has 0 saturated carbocycles. The van der Waals surface area contributed by atoms with Crippen molar-refractivity contribution in [2.45, 2.75) is 265 Å². The van der Waals surface area contributed by atoms with E-state index in [4.69, 9.17) is 0 Å². The van der Waals surface area contributed by atoms with Gasteiger partial charge in [0, 0.05) is 39.5 Å². The summed E-state index contributed by atoms with van der Waals surface area (Å²) in [5, 5.41) is 0. The zero-order valence-electron chi connectivity index (χ0n) is 58.8. The molecule has 1 aliphatic rings. The van der Waals surface area contributed by atoms with Gasteiger partial charge >= 0.3 is 0 Å². The van der Waals surface area contributed by atoms with Crippen molar-refractivity contribution in [3.8, 4) is 33.4 Å². The van der Waals surface area contributed by atoms with Crippen LogP contribution in [-0.2, 0) is 16.2 Å². The van der Waals surface area contributed by atoms with E-state index in [2.05, 4.69) is 275 Å². The highest BCUT2D eigenvalue weighted by Crippen LogP contribution is 2.56. The first-order valence-electron chi connectivity index (χ1n) is 36.7. The number of hydrogen-bond donors (Lipinski definition) is 0. The van der Waals surface area contributed by atoms with Crippen molar-refractivity contribution >= 4 is 34.1 Å². The van der Waals surface area contributed by atoms with E-state index in [0.29, 0.717) is 11.8 Å². The van der Waals surface area contributed by atoms with E-state index in [1.54, 1.807) is 11.1 Å². The molecule has 2 atom stereocenters. The number of fused-ring (bicyclic) bond motifs is 3. The van der Waals surface area contributed by atoms with E-state index in [1.165, 1.54) is 214 Å². The summed E-state index contributed by atoms with van der Waals surface area (Å²) in [5.41, 5.74) is 24.1. The Kier molecular flexibility index (Phi) is 24.7. The molecule has 0 aliphatic heterocycles. The van der Waals surface area contributed by atoms with E-state index in [9.17, 15) is 0 Å². The van der Waals surface area contributed by atoms with Crippen LogP contribution in [0.1, 0.15) is 282 Å². The van der Waals surface area contributed by atoms with Crippen molar-refractivity contribution in [3.05, 3.63) is 215 Å². The lowest BCUT2D eigenvalue weighted by Gasteiger charge is -2.35. The lowest BCUT2D eigenvalue weighted by molar-refractivity contribution is 0.396. The Bertz CT molecular complexity index is 3440. The van der Waals surface area contributed by atoms with Crippen LogP contribution in [0.2, 0.25) is 0 Å². The van der Waals surface area contributed by atoms with Crippen LogP contribution in [0.25, 0.3) is 33.4 Å². The van der Waals surface area contributed by atoms with Gasteiger partial charge in [-0.2, -0.15) is 0 Å². The molecular formula is C89H116N2. The molecule has 0 N–H and O–H groups in total. The molecule has 1 aliphatic carbocycles. The molecule has 0 radical (unpaired) electrons. The zero-order chi connectivity index (χ0) is 64.4. The van der Waals surface area contributed by atoms with E-state index in [0.717, 1.165) is 29.9 Å². The first-order chi connectivity index (χ1) is 44.2. The summed E-state index contributed by atoms with van der Waals surface area (Å²) in [6.45, 7) is 28.4. The quantitative estimate of drug-likeness (QED) is 0.0361. The second-order valence-corrected chi connectivity index (χ2v) is 29.0. The van der Waals surface area contributed by atoms with Gasteiger partial charge in [-0.3, -0.25) is 0 Å². The minimum absolute atomic E-state index is 0.00979. The normalized spacial score (nSPS) is 13.5. The molecule has 0 bridgehead atoms. The van der Waals surface area contributed by atoms with E-state index in [1.807, 2.05) is 0 Å². The number of hydrogen-bond acceptors (Lipinski definition) is 2. The molecule has 0 aromatic heterocycles. The third-order valence-corrected chi connectivity index (χ3v) is 21.5. The van der Waals surface area contributed by atoms with Gasteiger partial charge < -0.3 is 9.80 Å². The van der Waals surface area contributed by atoms with Crippen molar-refractivity contribution in [2.75, 3.05) is 9.80 Å². The highest BCUT2D eigenvalue weighted by atomic mass is 15.1. The molecule has 8 aromatic rings. The van der Waals surface area contributed by atoms with Crippen molar-refractivity contribution in [1.82, 2.24) is 0 Å². The molecule has 8 aromatic carbocycles. The molecule has 0 heterocycles. The van der Waals surface area contributed by atoms with Crippen LogP contribution in [0.3, 0.4) is 0 Å². The Balaban J connectivity index is 1.04. The maximum atomic E-state index is 2.72. The molecule has 0 saturated heterocycles. The largest absolute Gasteiger partial charge is 0.311 e. The lowest BCUT2D eigenvalue weighted by atomic mass is 9.69. The molecule has 2 unspecified atom stereocenters. The summed E-state index contributed by atoms with van der Waals surface area (Å²) in [7, 11) is 0. The predicted octanol–water partition coefficient (Wildman–Crippen LogP) is 28.5. The number of benzene rings is 8. The molecule has 0 spiro atoms. The monoisotopic (exact) mass is 1210 g/mol. The van der Waals surface area contributed by atoms with Crippen molar-refractivity contribution in [1.29, 1.82) is 0 Å². The van der Waals surface area contributed by atoms with Gasteiger partial charge in [0.2, 0.25) is 0 Å². The molecule has 91 heavy (non-hydrogen) atoms. The summed E-state index contributed by atoms with van der Waals surface area (Å²) in [6.07, 6.45) is 30.7. The van der Waals surface area contributed by atoms with E-state index < -0.39 is 0 Å². The van der Waals surface area contributed by atoms with Gasteiger partial charge in [0.05, 0.1) is 0 Å². The fourth-order valence-electron chi connectivity index (χ4n) is 14.8. The minimum Gasteiger partial charge on any atom is -0.311 e. The highest BCUT2D eigenvalue weighted by Gasteiger charge is 2.43. The Morgan fingerprint density at radius 1 is 0.308 bits per heavy atom. The summed E-state index contributed by atoms with van der Waals surface area (Å²) in [4.78, 5) is 4.87. The van der Waals surface area contributed by atoms with Gasteiger partial charge in [0.1, 0.15) is 0 Å². The maximum absolute atomic E-state index is 2.72. The first kappa shape index (κ1) is 68.7. The highest BCUT2D eigenvalue weighted by molar-refractivity contribution is 5.86. The average molecular weight is 1210 g/mol. The molecule has 0 fully saturated rings. The molecular weight excluding hydrogens is 1100 g/mol. The summed E-state index contributed by atoms with van der Waals surface area (Å²) < 4.78 is 0. The molecule has 9 rings (SSSR count). The number of rotatable bonds is 36. The molecule has 2 nitrogen and oxygen atoms in total. The number of unbranched alkanes of at least 4 members (excludes halogenated alkanes) is 14. The van der Waals surface area contributed by atoms with Gasteiger partial charge in [0.15, 0.2) is 0 Å². The van der Waals surface area contributed by atoms with E-state index >= 15 is 0 Å². The van der Waals surface area contributed by atoms with Gasteiger partial charge in [0.25, 0.3) is 0 Å². The Labute approximate surface area is 554 Å². The van der Waals surface area contributed by atoms with Crippen molar-refractivity contribution in [2.24, 2.45) is 0 Å². The fourth-order valence-corrected chi connectivity index (χ4v) is 14.8. The SMILES string of the molecule is CCCCCCCCC1(CCCCCCCC)c2cc(-c3ccc(N(c4ccc(-c5ccc(N(c6ccc(C(C)CC)cc6)c6ccc(C(C)(C)CCCCC)cc6)cc5)cc4)c4ccc(C(C)CC)cc4)cc3)ccc2-c2ccc(C(C)(C)CCCCC)cc21.